The number of rotatable bonds is 2. The summed E-state index contributed by atoms with van der Waals surface area (Å²) in [7, 11) is -4.44. The molecule has 0 aromatic heterocycles. The van der Waals surface area contributed by atoms with E-state index in [1.807, 2.05) is 0 Å². The first kappa shape index (κ1) is 14.1. The maximum Gasteiger partial charge on any atom is 0.573 e. The zero-order valence-corrected chi connectivity index (χ0v) is 10.4. The van der Waals surface area contributed by atoms with Crippen LogP contribution in [0.15, 0.2) is 21.5 Å². The lowest BCUT2D eigenvalue weighted by Crippen LogP contribution is -2.22. The van der Waals surface area contributed by atoms with Gasteiger partial charge in [0.1, 0.15) is 4.90 Å². The van der Waals surface area contributed by atoms with Gasteiger partial charge in [0, 0.05) is 4.47 Å². The van der Waals surface area contributed by atoms with E-state index in [1.54, 1.807) is 0 Å². The van der Waals surface area contributed by atoms with E-state index >= 15 is 0 Å². The van der Waals surface area contributed by atoms with E-state index in [0.717, 1.165) is 12.1 Å². The van der Waals surface area contributed by atoms with Crippen LogP contribution in [0.4, 0.5) is 18.9 Å². The molecule has 0 saturated carbocycles. The zero-order chi connectivity index (χ0) is 13.4. The second kappa shape index (κ2) is 4.35. The molecule has 0 aliphatic rings. The third-order valence-electron chi connectivity index (χ3n) is 1.62. The van der Waals surface area contributed by atoms with Gasteiger partial charge < -0.3 is 10.5 Å². The van der Waals surface area contributed by atoms with Gasteiger partial charge in [0.2, 0.25) is 10.0 Å². The van der Waals surface area contributed by atoms with Crippen LogP contribution in [0.3, 0.4) is 0 Å². The Morgan fingerprint density at radius 3 is 2.24 bits per heavy atom. The van der Waals surface area contributed by atoms with E-state index in [2.05, 4.69) is 20.7 Å². The van der Waals surface area contributed by atoms with Crippen LogP contribution >= 0.6 is 15.9 Å². The van der Waals surface area contributed by atoms with Gasteiger partial charge in [0.15, 0.2) is 5.75 Å². The molecule has 0 fully saturated rings. The molecule has 0 saturated heterocycles. The average molecular weight is 335 g/mol. The SMILES string of the molecule is Nc1c(Br)ccc(OC(F)(F)F)c1S(N)(=O)=O. The van der Waals surface area contributed by atoms with Crippen molar-refractivity contribution in [3.8, 4) is 5.75 Å². The van der Waals surface area contributed by atoms with Crippen molar-refractivity contribution in [2.24, 2.45) is 5.14 Å². The average Bonchev–Trinajstić information content (AvgIpc) is 2.06. The molecule has 1 aromatic rings. The molecule has 5 nitrogen and oxygen atoms in total. The molecule has 0 aliphatic heterocycles. The summed E-state index contributed by atoms with van der Waals surface area (Å²) < 4.78 is 62.0. The number of halogens is 4. The molecule has 1 aromatic carbocycles. The Balaban J connectivity index is 3.47. The maximum atomic E-state index is 12.0. The zero-order valence-electron chi connectivity index (χ0n) is 7.95. The Bertz CT molecular complexity index is 544. The van der Waals surface area contributed by atoms with Crippen molar-refractivity contribution < 1.29 is 26.3 Å². The monoisotopic (exact) mass is 334 g/mol. The van der Waals surface area contributed by atoms with Crippen molar-refractivity contribution in [2.75, 3.05) is 5.73 Å². The smallest absolute Gasteiger partial charge is 0.404 e. The molecule has 1 rings (SSSR count). The van der Waals surface area contributed by atoms with Gasteiger partial charge in [-0.05, 0) is 28.1 Å². The summed E-state index contributed by atoms with van der Waals surface area (Å²) in [6.45, 7) is 0. The molecule has 96 valence electrons. The lowest BCUT2D eigenvalue weighted by Gasteiger charge is -2.14. The van der Waals surface area contributed by atoms with Crippen molar-refractivity contribution in [3.05, 3.63) is 16.6 Å². The van der Waals surface area contributed by atoms with E-state index in [4.69, 9.17) is 10.9 Å². The van der Waals surface area contributed by atoms with Gasteiger partial charge >= 0.3 is 6.36 Å². The minimum absolute atomic E-state index is 0.0936. The van der Waals surface area contributed by atoms with Gasteiger partial charge in [-0.25, -0.2) is 13.6 Å². The molecule has 0 unspecified atom stereocenters. The maximum absolute atomic E-state index is 12.0. The largest absolute Gasteiger partial charge is 0.573 e. The lowest BCUT2D eigenvalue weighted by atomic mass is 10.3. The van der Waals surface area contributed by atoms with E-state index in [-0.39, 0.29) is 4.47 Å². The normalized spacial score (nSPS) is 12.5. The number of primary sulfonamides is 1. The number of anilines is 1. The topological polar surface area (TPSA) is 95.4 Å². The van der Waals surface area contributed by atoms with Crippen LogP contribution in [-0.2, 0) is 10.0 Å². The Hall–Kier alpha value is -1.00. The summed E-state index contributed by atoms with van der Waals surface area (Å²) in [5.74, 6) is -0.972. The summed E-state index contributed by atoms with van der Waals surface area (Å²) in [6.07, 6.45) is -5.04. The Morgan fingerprint density at radius 2 is 1.82 bits per heavy atom. The van der Waals surface area contributed by atoms with Gasteiger partial charge in [0.05, 0.1) is 5.69 Å². The highest BCUT2D eigenvalue weighted by Crippen LogP contribution is 2.36. The first-order chi connectivity index (χ1) is 7.52. The molecular formula is C7H6BrF3N2O3S. The molecule has 0 bridgehead atoms. The number of ether oxygens (including phenoxy) is 1. The number of nitrogen functional groups attached to an aromatic ring is 1. The van der Waals surface area contributed by atoms with Crippen molar-refractivity contribution in [2.45, 2.75) is 11.3 Å². The van der Waals surface area contributed by atoms with E-state index in [9.17, 15) is 21.6 Å². The van der Waals surface area contributed by atoms with Crippen molar-refractivity contribution in [1.29, 1.82) is 0 Å². The number of hydrogen-bond acceptors (Lipinski definition) is 4. The summed E-state index contributed by atoms with van der Waals surface area (Å²) in [5, 5.41) is 4.77. The highest BCUT2D eigenvalue weighted by molar-refractivity contribution is 9.10. The van der Waals surface area contributed by atoms with Crippen molar-refractivity contribution >= 4 is 31.6 Å². The minimum atomic E-state index is -5.04. The molecule has 0 spiro atoms. The highest BCUT2D eigenvalue weighted by Gasteiger charge is 2.34. The molecule has 0 radical (unpaired) electrons. The predicted octanol–water partition coefficient (Wildman–Crippen LogP) is 1.58. The first-order valence-corrected chi connectivity index (χ1v) is 6.23. The summed E-state index contributed by atoms with van der Waals surface area (Å²) in [6, 6.07) is 1.92. The summed E-state index contributed by atoms with van der Waals surface area (Å²) in [4.78, 5) is -0.913. The van der Waals surface area contributed by atoms with Crippen LogP contribution in [0.2, 0.25) is 0 Å². The Kier molecular flexibility index (Phi) is 3.60. The molecule has 0 aliphatic carbocycles. The van der Waals surface area contributed by atoms with Crippen LogP contribution in [0, 0.1) is 0 Å². The fourth-order valence-corrected chi connectivity index (χ4v) is 2.32. The predicted molar refractivity (Wildman–Crippen MR) is 56.6 cm³/mol. The van der Waals surface area contributed by atoms with E-state index in [0.29, 0.717) is 0 Å². The first-order valence-electron chi connectivity index (χ1n) is 3.89. The quantitative estimate of drug-likeness (QED) is 0.802. The van der Waals surface area contributed by atoms with Crippen LogP contribution in [0.5, 0.6) is 5.75 Å². The highest BCUT2D eigenvalue weighted by atomic mass is 79.9. The van der Waals surface area contributed by atoms with Crippen LogP contribution in [-0.4, -0.2) is 14.8 Å². The summed E-state index contributed by atoms with van der Waals surface area (Å²) in [5.41, 5.74) is 4.89. The van der Waals surface area contributed by atoms with Gasteiger partial charge in [-0.3, -0.25) is 0 Å². The van der Waals surface area contributed by atoms with Gasteiger partial charge in [-0.2, -0.15) is 0 Å². The number of hydrogen-bond donors (Lipinski definition) is 2. The van der Waals surface area contributed by atoms with Crippen LogP contribution < -0.4 is 15.6 Å². The fourth-order valence-electron chi connectivity index (χ4n) is 1.05. The third-order valence-corrected chi connectivity index (χ3v) is 3.30. The molecule has 4 N–H and O–H groups in total. The molecule has 17 heavy (non-hydrogen) atoms. The van der Waals surface area contributed by atoms with E-state index < -0.39 is 32.7 Å². The second-order valence-electron chi connectivity index (χ2n) is 2.88. The van der Waals surface area contributed by atoms with Gasteiger partial charge in [-0.1, -0.05) is 0 Å². The number of nitrogens with two attached hydrogens (primary N) is 2. The second-order valence-corrected chi connectivity index (χ2v) is 5.23. The Labute approximate surface area is 103 Å². The Morgan fingerprint density at radius 1 is 1.29 bits per heavy atom. The van der Waals surface area contributed by atoms with Gasteiger partial charge in [0.25, 0.3) is 0 Å². The fraction of sp³-hybridized carbons (Fsp3) is 0.143. The molecule has 0 heterocycles. The minimum Gasteiger partial charge on any atom is -0.404 e. The number of sulfonamides is 1. The van der Waals surface area contributed by atoms with Gasteiger partial charge in [-0.15, -0.1) is 13.2 Å². The standard InChI is InChI=1S/C7H6BrF3N2O3S/c8-3-1-2-4(16-7(9,10)11)6(5(3)12)17(13,14)15/h1-2H,12H2,(H2,13,14,15). The molecular weight excluding hydrogens is 329 g/mol. The van der Waals surface area contributed by atoms with Crippen molar-refractivity contribution in [3.63, 3.8) is 0 Å². The van der Waals surface area contributed by atoms with E-state index in [1.165, 1.54) is 0 Å². The molecule has 0 atom stereocenters. The summed E-state index contributed by atoms with van der Waals surface area (Å²) >= 11 is 2.87. The van der Waals surface area contributed by atoms with Crippen LogP contribution in [0.1, 0.15) is 0 Å². The van der Waals surface area contributed by atoms with Crippen molar-refractivity contribution in [1.82, 2.24) is 0 Å². The van der Waals surface area contributed by atoms with Crippen LogP contribution in [0.25, 0.3) is 0 Å². The number of benzene rings is 1. The lowest BCUT2D eigenvalue weighted by molar-refractivity contribution is -0.275. The number of alkyl halides is 3. The third kappa shape index (κ3) is 3.48. The molecule has 10 heteroatoms. The molecule has 0 amide bonds.